The highest BCUT2D eigenvalue weighted by Gasteiger charge is 2.15. The van der Waals surface area contributed by atoms with Crippen LogP contribution in [-0.4, -0.2) is 18.8 Å². The van der Waals surface area contributed by atoms with Crippen LogP contribution in [-0.2, 0) is 5.41 Å². The number of carbonyl (C=O) groups excluding carboxylic acids is 1. The quantitative estimate of drug-likeness (QED) is 0.0933. The van der Waals surface area contributed by atoms with Gasteiger partial charge in [-0.2, -0.15) is 0 Å². The molecular formula is C34H43NO3. The third kappa shape index (κ3) is 10.2. The van der Waals surface area contributed by atoms with Crippen LogP contribution in [0, 0.1) is 0 Å². The molecule has 0 aromatic heterocycles. The van der Waals surface area contributed by atoms with Gasteiger partial charge < -0.3 is 9.47 Å². The number of benzene rings is 3. The molecule has 38 heavy (non-hydrogen) atoms. The van der Waals surface area contributed by atoms with Crippen molar-refractivity contribution in [3.05, 3.63) is 89.5 Å². The molecule has 202 valence electrons. The highest BCUT2D eigenvalue weighted by Crippen LogP contribution is 2.23. The third-order valence-corrected chi connectivity index (χ3v) is 6.54. The minimum Gasteiger partial charge on any atom is -0.494 e. The topological polar surface area (TPSA) is 47.9 Å². The summed E-state index contributed by atoms with van der Waals surface area (Å²) in [6.07, 6.45) is 12.2. The van der Waals surface area contributed by atoms with Crippen molar-refractivity contribution in [1.29, 1.82) is 0 Å². The lowest BCUT2D eigenvalue weighted by molar-refractivity contribution is 0.0734. The summed E-state index contributed by atoms with van der Waals surface area (Å²) in [7, 11) is 0. The van der Waals surface area contributed by atoms with Gasteiger partial charge in [-0.25, -0.2) is 4.79 Å². The Bertz CT molecular complexity index is 1120. The van der Waals surface area contributed by atoms with E-state index >= 15 is 0 Å². The number of aliphatic imine (C=N–C) groups is 1. The Kier molecular flexibility index (Phi) is 11.6. The van der Waals surface area contributed by atoms with Crippen molar-refractivity contribution in [2.45, 2.75) is 84.5 Å². The maximum absolute atomic E-state index is 12.5. The van der Waals surface area contributed by atoms with E-state index in [-0.39, 0.29) is 11.4 Å². The van der Waals surface area contributed by atoms with Crippen LogP contribution in [0.4, 0.5) is 5.69 Å². The monoisotopic (exact) mass is 513 g/mol. The van der Waals surface area contributed by atoms with E-state index in [4.69, 9.17) is 9.47 Å². The van der Waals surface area contributed by atoms with E-state index in [1.807, 2.05) is 66.9 Å². The molecule has 0 aliphatic carbocycles. The summed E-state index contributed by atoms with van der Waals surface area (Å²) in [6, 6.07) is 22.8. The molecule has 4 nitrogen and oxygen atoms in total. The molecular weight excluding hydrogens is 470 g/mol. The highest BCUT2D eigenvalue weighted by atomic mass is 16.5. The maximum atomic E-state index is 12.5. The van der Waals surface area contributed by atoms with Crippen molar-refractivity contribution >= 4 is 17.9 Å². The molecule has 0 fully saturated rings. The van der Waals surface area contributed by atoms with Gasteiger partial charge >= 0.3 is 5.97 Å². The van der Waals surface area contributed by atoms with Gasteiger partial charge in [-0.15, -0.1) is 0 Å². The Hall–Kier alpha value is -3.40. The van der Waals surface area contributed by atoms with Gasteiger partial charge in [0.25, 0.3) is 0 Å². The summed E-state index contributed by atoms with van der Waals surface area (Å²) in [5.41, 5.74) is 3.54. The summed E-state index contributed by atoms with van der Waals surface area (Å²) >= 11 is 0. The molecule has 0 bridgehead atoms. The lowest BCUT2D eigenvalue weighted by atomic mass is 9.87. The largest absolute Gasteiger partial charge is 0.494 e. The van der Waals surface area contributed by atoms with Gasteiger partial charge in [0.05, 0.1) is 17.9 Å². The minimum atomic E-state index is -0.369. The Morgan fingerprint density at radius 2 is 1.32 bits per heavy atom. The predicted octanol–water partition coefficient (Wildman–Crippen LogP) is 9.47. The van der Waals surface area contributed by atoms with Gasteiger partial charge in [-0.3, -0.25) is 4.99 Å². The predicted molar refractivity (Wildman–Crippen MR) is 158 cm³/mol. The van der Waals surface area contributed by atoms with E-state index in [0.29, 0.717) is 11.3 Å². The summed E-state index contributed by atoms with van der Waals surface area (Å²) < 4.78 is 11.4. The van der Waals surface area contributed by atoms with Gasteiger partial charge in [0.1, 0.15) is 11.5 Å². The molecule has 0 unspecified atom stereocenters. The Balaban J connectivity index is 1.40. The Morgan fingerprint density at radius 1 is 0.737 bits per heavy atom. The van der Waals surface area contributed by atoms with Crippen molar-refractivity contribution in [2.24, 2.45) is 4.99 Å². The minimum absolute atomic E-state index is 0.0429. The number of rotatable bonds is 14. The van der Waals surface area contributed by atoms with E-state index < -0.39 is 0 Å². The number of ether oxygens (including phenoxy) is 2. The molecule has 0 saturated carbocycles. The average Bonchev–Trinajstić information content (AvgIpc) is 2.92. The second kappa shape index (κ2) is 15.1. The van der Waals surface area contributed by atoms with Crippen molar-refractivity contribution < 1.29 is 14.3 Å². The number of esters is 1. The molecule has 0 aliphatic rings. The van der Waals surface area contributed by atoms with Gasteiger partial charge in [0.15, 0.2) is 0 Å². The Labute approximate surface area is 229 Å². The number of unbranched alkanes of at least 4 members (excludes halogenated alkanes) is 7. The molecule has 0 radical (unpaired) electrons. The van der Waals surface area contributed by atoms with Crippen LogP contribution in [0.2, 0.25) is 0 Å². The van der Waals surface area contributed by atoms with Gasteiger partial charge in [0, 0.05) is 6.21 Å². The van der Waals surface area contributed by atoms with Gasteiger partial charge in [-0.05, 0) is 83.6 Å². The number of nitrogens with zero attached hydrogens (tertiary/aromatic N) is 1. The van der Waals surface area contributed by atoms with E-state index in [9.17, 15) is 4.79 Å². The second-order valence-corrected chi connectivity index (χ2v) is 10.9. The fourth-order valence-electron chi connectivity index (χ4n) is 4.10. The van der Waals surface area contributed by atoms with E-state index in [1.54, 1.807) is 12.1 Å². The summed E-state index contributed by atoms with van der Waals surface area (Å²) in [6.45, 7) is 9.46. The standard InChI is InChI=1S/C34H43NO3/c1-5-6-7-8-9-10-11-12-25-37-31-21-13-27(14-22-31)26-35-30-19-23-32(24-20-30)38-33(36)28-15-17-29(18-16-28)34(2,3)4/h13-24,26H,5-12,25H2,1-4H3. The fraction of sp³-hybridized carbons (Fsp3) is 0.412. The van der Waals surface area contributed by atoms with Crippen LogP contribution in [0.15, 0.2) is 77.8 Å². The molecule has 0 atom stereocenters. The van der Waals surface area contributed by atoms with Gasteiger partial charge in [0.2, 0.25) is 0 Å². The molecule has 0 aliphatic heterocycles. The van der Waals surface area contributed by atoms with Crippen molar-refractivity contribution in [1.82, 2.24) is 0 Å². The molecule has 0 amide bonds. The first-order valence-electron chi connectivity index (χ1n) is 14.0. The normalized spacial score (nSPS) is 11.6. The molecule has 4 heteroatoms. The molecule has 3 aromatic carbocycles. The van der Waals surface area contributed by atoms with E-state index in [0.717, 1.165) is 30.0 Å². The van der Waals surface area contributed by atoms with Gasteiger partial charge in [-0.1, -0.05) is 84.8 Å². The summed E-state index contributed by atoms with van der Waals surface area (Å²) in [4.78, 5) is 17.0. The van der Waals surface area contributed by atoms with Crippen molar-refractivity contribution in [3.63, 3.8) is 0 Å². The van der Waals surface area contributed by atoms with E-state index in [2.05, 4.69) is 32.7 Å². The zero-order valence-electron chi connectivity index (χ0n) is 23.5. The number of hydrogen-bond acceptors (Lipinski definition) is 4. The van der Waals surface area contributed by atoms with Crippen LogP contribution < -0.4 is 9.47 Å². The first kappa shape index (κ1) is 29.2. The Morgan fingerprint density at radius 3 is 1.92 bits per heavy atom. The molecule has 0 heterocycles. The number of hydrogen-bond donors (Lipinski definition) is 0. The summed E-state index contributed by atoms with van der Waals surface area (Å²) in [5.74, 6) is 1.02. The van der Waals surface area contributed by atoms with Crippen LogP contribution in [0.25, 0.3) is 0 Å². The maximum Gasteiger partial charge on any atom is 0.343 e. The lowest BCUT2D eigenvalue weighted by Crippen LogP contribution is -2.12. The lowest BCUT2D eigenvalue weighted by Gasteiger charge is -2.18. The molecule has 0 N–H and O–H groups in total. The van der Waals surface area contributed by atoms with Crippen LogP contribution in [0.5, 0.6) is 11.5 Å². The zero-order chi connectivity index (χ0) is 27.2. The molecule has 0 saturated heterocycles. The second-order valence-electron chi connectivity index (χ2n) is 10.9. The molecule has 3 rings (SSSR count). The fourth-order valence-corrected chi connectivity index (χ4v) is 4.10. The van der Waals surface area contributed by atoms with Crippen molar-refractivity contribution in [3.8, 4) is 11.5 Å². The highest BCUT2D eigenvalue weighted by molar-refractivity contribution is 5.91. The zero-order valence-corrected chi connectivity index (χ0v) is 23.5. The summed E-state index contributed by atoms with van der Waals surface area (Å²) in [5, 5.41) is 0. The van der Waals surface area contributed by atoms with Crippen molar-refractivity contribution in [2.75, 3.05) is 6.61 Å². The van der Waals surface area contributed by atoms with Crippen LogP contribution >= 0.6 is 0 Å². The SMILES string of the molecule is CCCCCCCCCCOc1ccc(C=Nc2ccc(OC(=O)c3ccc(C(C)(C)C)cc3)cc2)cc1. The molecule has 0 spiro atoms. The van der Waals surface area contributed by atoms with Crippen LogP contribution in [0.3, 0.4) is 0 Å². The average molecular weight is 514 g/mol. The first-order chi connectivity index (χ1) is 18.3. The first-order valence-corrected chi connectivity index (χ1v) is 14.0. The third-order valence-electron chi connectivity index (χ3n) is 6.54. The smallest absolute Gasteiger partial charge is 0.343 e. The van der Waals surface area contributed by atoms with Crippen LogP contribution in [0.1, 0.15) is 101 Å². The van der Waals surface area contributed by atoms with E-state index in [1.165, 1.54) is 50.5 Å². The molecule has 3 aromatic rings. The number of carbonyl (C=O) groups is 1.